The Morgan fingerprint density at radius 1 is 0.703 bits per heavy atom. The van der Waals surface area contributed by atoms with Crippen molar-refractivity contribution in [3.63, 3.8) is 0 Å². The first-order chi connectivity index (χ1) is 30.7. The Bertz CT molecular complexity index is 1390. The predicted octanol–water partition coefficient (Wildman–Crippen LogP) is 10.2. The molecule has 0 spiro atoms. The van der Waals surface area contributed by atoms with Crippen molar-refractivity contribution in [2.75, 3.05) is 47.5 Å². The SMILES string of the molecule is CCCCCC/C=C\C/C=C\C/C=C\CCCCCCCCC(=O)OC[C@H](COP(=O)([O-])OCC[N+](C)(C)C)OC(=O)CCC/C=C/C[C@@H]1[C@@H](/C=C/[C@@H](O)CCCCC)[C@H](O)C[C@@H]1O. The van der Waals surface area contributed by atoms with E-state index in [1.807, 2.05) is 39.4 Å². The zero-order valence-corrected chi connectivity index (χ0v) is 41.4. The van der Waals surface area contributed by atoms with E-state index in [9.17, 15) is 34.4 Å². The molecule has 0 radical (unpaired) electrons. The number of carbonyl (C=O) groups is 2. The van der Waals surface area contributed by atoms with Crippen LogP contribution in [-0.2, 0) is 32.7 Å². The number of esters is 2. The van der Waals surface area contributed by atoms with E-state index in [1.165, 1.54) is 32.1 Å². The van der Waals surface area contributed by atoms with Crippen LogP contribution in [0, 0.1) is 11.8 Å². The monoisotopic (exact) mass is 924 g/mol. The third kappa shape index (κ3) is 34.0. The molecule has 0 aliphatic heterocycles. The van der Waals surface area contributed by atoms with Crippen LogP contribution in [0.15, 0.2) is 60.8 Å². The molecular weight excluding hydrogens is 834 g/mol. The zero-order valence-electron chi connectivity index (χ0n) is 40.5. The number of allylic oxidation sites excluding steroid dienone is 8. The Morgan fingerprint density at radius 2 is 1.27 bits per heavy atom. The smallest absolute Gasteiger partial charge is 0.306 e. The summed E-state index contributed by atoms with van der Waals surface area (Å²) in [6.45, 7) is 3.81. The highest BCUT2D eigenvalue weighted by Crippen LogP contribution is 2.38. The number of aliphatic hydroxyl groups excluding tert-OH is 3. The number of nitrogens with zero attached hydrogens (tertiary/aromatic N) is 1. The molecule has 0 bridgehead atoms. The van der Waals surface area contributed by atoms with Crippen molar-refractivity contribution < 1.29 is 57.4 Å². The van der Waals surface area contributed by atoms with Gasteiger partial charge in [-0.15, -0.1) is 0 Å². The first-order valence-electron chi connectivity index (χ1n) is 24.8. The van der Waals surface area contributed by atoms with Crippen molar-refractivity contribution >= 4 is 19.8 Å². The zero-order chi connectivity index (χ0) is 47.3. The number of likely N-dealkylation sites (N-methyl/N-ethyl adjacent to an activating group) is 1. The maximum Gasteiger partial charge on any atom is 0.306 e. The van der Waals surface area contributed by atoms with Crippen molar-refractivity contribution in [2.45, 2.75) is 192 Å². The van der Waals surface area contributed by atoms with Gasteiger partial charge in [-0.05, 0) is 76.5 Å². The van der Waals surface area contributed by atoms with E-state index in [2.05, 4.69) is 50.3 Å². The van der Waals surface area contributed by atoms with Gasteiger partial charge in [0.25, 0.3) is 7.82 Å². The number of unbranched alkanes of at least 4 members (excludes halogenated alkanes) is 13. The number of hydrogen-bond donors (Lipinski definition) is 3. The van der Waals surface area contributed by atoms with Crippen LogP contribution in [0.3, 0.4) is 0 Å². The summed E-state index contributed by atoms with van der Waals surface area (Å²) in [6, 6.07) is 0. The Kier molecular flexibility index (Phi) is 35.1. The van der Waals surface area contributed by atoms with Crippen molar-refractivity contribution in [1.82, 2.24) is 0 Å². The number of rotatable bonds is 40. The average Bonchev–Trinajstić information content (AvgIpc) is 3.51. The van der Waals surface area contributed by atoms with Gasteiger partial charge >= 0.3 is 11.9 Å². The van der Waals surface area contributed by atoms with Crippen LogP contribution in [0.1, 0.15) is 168 Å². The van der Waals surface area contributed by atoms with Gasteiger partial charge in [0.1, 0.15) is 19.8 Å². The quantitative estimate of drug-likeness (QED) is 0.0176. The number of phosphoric acid groups is 1. The molecule has 0 heterocycles. The van der Waals surface area contributed by atoms with Gasteiger partial charge < -0.3 is 43.2 Å². The number of aliphatic hydroxyl groups is 3. The molecule has 3 N–H and O–H groups in total. The molecule has 1 fully saturated rings. The van der Waals surface area contributed by atoms with E-state index < -0.39 is 50.8 Å². The highest BCUT2D eigenvalue weighted by Gasteiger charge is 2.39. The molecule has 7 atom stereocenters. The summed E-state index contributed by atoms with van der Waals surface area (Å²) in [5, 5.41) is 31.4. The van der Waals surface area contributed by atoms with Gasteiger partial charge in [0, 0.05) is 25.2 Å². The molecule has 12 nitrogen and oxygen atoms in total. The second kappa shape index (κ2) is 37.7. The minimum Gasteiger partial charge on any atom is -0.756 e. The molecular formula is C51H90NO11P. The number of ether oxygens (including phenoxy) is 2. The van der Waals surface area contributed by atoms with Crippen molar-refractivity contribution in [3.05, 3.63) is 60.8 Å². The second-order valence-electron chi connectivity index (χ2n) is 18.4. The lowest BCUT2D eigenvalue weighted by atomic mass is 9.89. The highest BCUT2D eigenvalue weighted by atomic mass is 31.2. The molecule has 0 saturated heterocycles. The van der Waals surface area contributed by atoms with Crippen LogP contribution in [-0.4, -0.2) is 104 Å². The van der Waals surface area contributed by atoms with Crippen molar-refractivity contribution in [2.24, 2.45) is 11.8 Å². The highest BCUT2D eigenvalue weighted by molar-refractivity contribution is 7.45. The first kappa shape index (κ1) is 59.6. The van der Waals surface area contributed by atoms with Crippen molar-refractivity contribution in [3.8, 4) is 0 Å². The fraction of sp³-hybridized carbons (Fsp3) is 0.765. The van der Waals surface area contributed by atoms with Crippen LogP contribution in [0.4, 0.5) is 0 Å². The first-order valence-corrected chi connectivity index (χ1v) is 26.2. The summed E-state index contributed by atoms with van der Waals surface area (Å²) in [4.78, 5) is 37.9. The third-order valence-electron chi connectivity index (χ3n) is 11.3. The Morgan fingerprint density at radius 3 is 1.92 bits per heavy atom. The van der Waals surface area contributed by atoms with E-state index >= 15 is 0 Å². The molecule has 0 aromatic rings. The molecule has 0 aromatic heterocycles. The van der Waals surface area contributed by atoms with Crippen LogP contribution in [0.25, 0.3) is 0 Å². The normalized spacial score (nSPS) is 20.3. The van der Waals surface area contributed by atoms with Gasteiger partial charge in [-0.3, -0.25) is 14.2 Å². The third-order valence-corrected chi connectivity index (χ3v) is 12.3. The van der Waals surface area contributed by atoms with Crippen LogP contribution < -0.4 is 4.89 Å². The minimum absolute atomic E-state index is 0.0426. The summed E-state index contributed by atoms with van der Waals surface area (Å²) < 4.78 is 33.9. The molecule has 1 saturated carbocycles. The van der Waals surface area contributed by atoms with Gasteiger partial charge in [0.15, 0.2) is 6.10 Å². The largest absolute Gasteiger partial charge is 0.756 e. The van der Waals surface area contributed by atoms with Gasteiger partial charge in [-0.2, -0.15) is 0 Å². The summed E-state index contributed by atoms with van der Waals surface area (Å²) in [5.74, 6) is -1.48. The Labute approximate surface area is 388 Å². The Balaban J connectivity index is 2.45. The molecule has 370 valence electrons. The molecule has 0 amide bonds. The molecule has 1 aliphatic rings. The van der Waals surface area contributed by atoms with Gasteiger partial charge in [-0.25, -0.2) is 0 Å². The second-order valence-corrected chi connectivity index (χ2v) is 19.8. The summed E-state index contributed by atoms with van der Waals surface area (Å²) in [7, 11) is 1.00. The molecule has 13 heteroatoms. The predicted molar refractivity (Wildman–Crippen MR) is 256 cm³/mol. The molecule has 1 aliphatic carbocycles. The summed E-state index contributed by atoms with van der Waals surface area (Å²) in [5.41, 5.74) is 0. The van der Waals surface area contributed by atoms with Gasteiger partial charge in [0.2, 0.25) is 0 Å². The number of quaternary nitrogens is 1. The molecule has 1 unspecified atom stereocenters. The van der Waals surface area contributed by atoms with E-state index in [0.29, 0.717) is 43.1 Å². The van der Waals surface area contributed by atoms with Crippen LogP contribution in [0.2, 0.25) is 0 Å². The van der Waals surface area contributed by atoms with E-state index in [0.717, 1.165) is 70.6 Å². The maximum absolute atomic E-state index is 12.8. The number of phosphoric ester groups is 1. The van der Waals surface area contributed by atoms with Crippen LogP contribution in [0.5, 0.6) is 0 Å². The average molecular weight is 924 g/mol. The molecule has 1 rings (SSSR count). The van der Waals surface area contributed by atoms with Gasteiger partial charge in [0.05, 0.1) is 46.1 Å². The van der Waals surface area contributed by atoms with E-state index in [1.54, 1.807) is 6.08 Å². The molecule has 0 aromatic carbocycles. The topological polar surface area (TPSA) is 172 Å². The lowest BCUT2D eigenvalue weighted by Crippen LogP contribution is -2.37. The van der Waals surface area contributed by atoms with E-state index in [-0.39, 0.29) is 44.3 Å². The summed E-state index contributed by atoms with van der Waals surface area (Å²) >= 11 is 0. The Hall–Kier alpha value is -2.41. The summed E-state index contributed by atoms with van der Waals surface area (Å²) in [6.07, 6.45) is 39.1. The fourth-order valence-electron chi connectivity index (χ4n) is 7.36. The lowest BCUT2D eigenvalue weighted by Gasteiger charge is -2.28. The standard InChI is InChI=1S/C51H90NO11P/c1-6-8-10-11-12-13-14-15-16-17-18-19-20-21-22-23-24-25-26-31-35-50(56)60-42-45(43-62-64(58,59)61-40-39-52(3,4)5)63-51(57)36-32-28-27-30-34-46-47(49(55)41-48(46)54)38-37-44(53)33-29-9-7-2/h13-14,16-17,19-20,27,30,37-38,44-49,53-55H,6-12,15,18,21-26,28-29,31-36,39-43H2,1-5H3/b14-13-,17-16-,20-19-,30-27+,38-37+/t44-,45+,46+,47+,48-,49+/m0/s1. The molecule has 64 heavy (non-hydrogen) atoms. The van der Waals surface area contributed by atoms with Crippen LogP contribution >= 0.6 is 7.82 Å². The number of hydrogen-bond acceptors (Lipinski definition) is 11. The lowest BCUT2D eigenvalue weighted by molar-refractivity contribution is -0.870. The fourth-order valence-corrected chi connectivity index (χ4v) is 8.09. The van der Waals surface area contributed by atoms with Crippen molar-refractivity contribution in [1.29, 1.82) is 0 Å². The van der Waals surface area contributed by atoms with Gasteiger partial charge in [-0.1, -0.05) is 139 Å². The maximum atomic E-state index is 12.8. The minimum atomic E-state index is -4.71. The van der Waals surface area contributed by atoms with E-state index in [4.69, 9.17) is 18.5 Å². The number of carbonyl (C=O) groups excluding carboxylic acids is 2.